The van der Waals surface area contributed by atoms with Crippen molar-refractivity contribution < 1.29 is 23.1 Å². The highest BCUT2D eigenvalue weighted by molar-refractivity contribution is 5.97. The Balaban J connectivity index is 3.32. The molecular weight excluding hydrogens is 211 g/mol. The van der Waals surface area contributed by atoms with Crippen LogP contribution in [-0.4, -0.2) is 17.4 Å². The third-order valence-electron chi connectivity index (χ3n) is 1.79. The highest BCUT2D eigenvalue weighted by Gasteiger charge is 2.23. The van der Waals surface area contributed by atoms with Crippen LogP contribution in [0.3, 0.4) is 0 Å². The summed E-state index contributed by atoms with van der Waals surface area (Å²) in [7, 11) is 0. The largest absolute Gasteiger partial charge is 0.505 e. The minimum absolute atomic E-state index is 0.116. The first kappa shape index (κ1) is 11.5. The van der Waals surface area contributed by atoms with Gasteiger partial charge in [-0.1, -0.05) is 0 Å². The van der Waals surface area contributed by atoms with E-state index in [4.69, 9.17) is 10.8 Å². The SMILES string of the molecule is NCCC(=O)c1c(F)c(O)cc(F)c1F. The molecule has 0 aromatic heterocycles. The lowest BCUT2D eigenvalue weighted by Crippen LogP contribution is -2.13. The zero-order chi connectivity index (χ0) is 11.6. The number of ketones is 1. The Morgan fingerprint density at radius 1 is 1.33 bits per heavy atom. The van der Waals surface area contributed by atoms with E-state index >= 15 is 0 Å². The summed E-state index contributed by atoms with van der Waals surface area (Å²) in [4.78, 5) is 11.2. The van der Waals surface area contributed by atoms with Gasteiger partial charge in [0.2, 0.25) is 0 Å². The third kappa shape index (κ3) is 2.10. The van der Waals surface area contributed by atoms with Gasteiger partial charge >= 0.3 is 0 Å². The zero-order valence-corrected chi connectivity index (χ0v) is 7.56. The Labute approximate surface area is 83.3 Å². The van der Waals surface area contributed by atoms with Gasteiger partial charge in [0.25, 0.3) is 0 Å². The lowest BCUT2D eigenvalue weighted by molar-refractivity contribution is 0.0975. The topological polar surface area (TPSA) is 63.3 Å². The molecule has 0 saturated heterocycles. The maximum atomic E-state index is 13.1. The van der Waals surface area contributed by atoms with Crippen LogP contribution >= 0.6 is 0 Å². The fourth-order valence-corrected chi connectivity index (χ4v) is 1.09. The fraction of sp³-hybridized carbons (Fsp3) is 0.222. The second-order valence-electron chi connectivity index (χ2n) is 2.84. The molecular formula is C9H8F3NO2. The van der Waals surface area contributed by atoms with Crippen LogP contribution in [0.4, 0.5) is 13.2 Å². The molecule has 1 rings (SSSR count). The number of phenols is 1. The molecule has 0 spiro atoms. The summed E-state index contributed by atoms with van der Waals surface area (Å²) in [6.45, 7) is -0.116. The minimum Gasteiger partial charge on any atom is -0.505 e. The summed E-state index contributed by atoms with van der Waals surface area (Å²) in [6.07, 6.45) is -0.323. The van der Waals surface area contributed by atoms with Gasteiger partial charge in [-0.2, -0.15) is 0 Å². The smallest absolute Gasteiger partial charge is 0.178 e. The van der Waals surface area contributed by atoms with Crippen molar-refractivity contribution in [1.29, 1.82) is 0 Å². The lowest BCUT2D eigenvalue weighted by atomic mass is 10.1. The number of halogens is 3. The quantitative estimate of drug-likeness (QED) is 0.595. The number of hydrogen-bond acceptors (Lipinski definition) is 3. The maximum absolute atomic E-state index is 13.1. The first-order chi connectivity index (χ1) is 6.99. The second-order valence-corrected chi connectivity index (χ2v) is 2.84. The minimum atomic E-state index is -1.61. The van der Waals surface area contributed by atoms with E-state index in [0.29, 0.717) is 0 Å². The van der Waals surface area contributed by atoms with Crippen LogP contribution in [-0.2, 0) is 0 Å². The summed E-state index contributed by atoms with van der Waals surface area (Å²) in [5.41, 5.74) is 3.94. The average Bonchev–Trinajstić information content (AvgIpc) is 2.16. The molecule has 6 heteroatoms. The van der Waals surface area contributed by atoms with Crippen molar-refractivity contribution in [3.05, 3.63) is 29.1 Å². The number of phenolic OH excluding ortho intramolecular Hbond substituents is 1. The van der Waals surface area contributed by atoms with Gasteiger partial charge in [0.05, 0.1) is 5.56 Å². The van der Waals surface area contributed by atoms with Gasteiger partial charge in [0.15, 0.2) is 29.0 Å². The van der Waals surface area contributed by atoms with Gasteiger partial charge in [0, 0.05) is 12.5 Å². The van der Waals surface area contributed by atoms with Crippen LogP contribution in [0.5, 0.6) is 5.75 Å². The molecule has 0 aliphatic rings. The molecule has 0 amide bonds. The number of carbonyl (C=O) groups is 1. The third-order valence-corrected chi connectivity index (χ3v) is 1.79. The Bertz CT molecular complexity index is 381. The number of Topliss-reactive ketones (excluding diaryl/α,β-unsaturated/α-hetero) is 1. The molecule has 3 nitrogen and oxygen atoms in total. The van der Waals surface area contributed by atoms with Gasteiger partial charge < -0.3 is 10.8 Å². The van der Waals surface area contributed by atoms with E-state index in [1.54, 1.807) is 0 Å². The molecule has 0 atom stereocenters. The van der Waals surface area contributed by atoms with Crippen LogP contribution in [0.15, 0.2) is 6.07 Å². The molecule has 0 aliphatic carbocycles. The fourth-order valence-electron chi connectivity index (χ4n) is 1.09. The van der Waals surface area contributed by atoms with Gasteiger partial charge in [-0.05, 0) is 6.54 Å². The number of nitrogens with two attached hydrogens (primary N) is 1. The molecule has 0 heterocycles. The van der Waals surface area contributed by atoms with E-state index in [1.807, 2.05) is 0 Å². The average molecular weight is 219 g/mol. The predicted octanol–water partition coefficient (Wildman–Crippen LogP) is 1.34. The first-order valence-electron chi connectivity index (χ1n) is 4.08. The highest BCUT2D eigenvalue weighted by atomic mass is 19.2. The summed E-state index contributed by atoms with van der Waals surface area (Å²) < 4.78 is 38.9. The van der Waals surface area contributed by atoms with E-state index in [0.717, 1.165) is 0 Å². The maximum Gasteiger partial charge on any atom is 0.178 e. The summed E-state index contributed by atoms with van der Waals surface area (Å²) in [6, 6.07) is 0.268. The van der Waals surface area contributed by atoms with Gasteiger partial charge in [-0.25, -0.2) is 13.2 Å². The van der Waals surface area contributed by atoms with Crippen molar-refractivity contribution in [3.63, 3.8) is 0 Å². The molecule has 0 saturated carbocycles. The van der Waals surface area contributed by atoms with Crippen molar-refractivity contribution in [3.8, 4) is 5.75 Å². The molecule has 0 aliphatic heterocycles. The Morgan fingerprint density at radius 2 is 1.93 bits per heavy atom. The van der Waals surface area contributed by atoms with E-state index in [-0.39, 0.29) is 19.0 Å². The van der Waals surface area contributed by atoms with E-state index < -0.39 is 34.5 Å². The zero-order valence-electron chi connectivity index (χ0n) is 7.56. The highest BCUT2D eigenvalue weighted by Crippen LogP contribution is 2.25. The summed E-state index contributed by atoms with van der Waals surface area (Å²) in [5, 5.41) is 8.86. The van der Waals surface area contributed by atoms with Crippen molar-refractivity contribution in [2.75, 3.05) is 6.54 Å². The van der Waals surface area contributed by atoms with Crippen LogP contribution in [0.2, 0.25) is 0 Å². The standard InChI is InChI=1S/C9H8F3NO2/c10-4-3-6(15)9(12)7(8(4)11)5(14)1-2-13/h3,15H,1-2,13H2. The first-order valence-corrected chi connectivity index (χ1v) is 4.08. The second kappa shape index (κ2) is 4.31. The van der Waals surface area contributed by atoms with E-state index in [2.05, 4.69) is 0 Å². The summed E-state index contributed by atoms with van der Waals surface area (Å²) in [5.74, 6) is -6.64. The predicted molar refractivity (Wildman–Crippen MR) is 46.0 cm³/mol. The van der Waals surface area contributed by atoms with Gasteiger partial charge in [-0.15, -0.1) is 0 Å². The van der Waals surface area contributed by atoms with E-state index in [9.17, 15) is 18.0 Å². The molecule has 1 aromatic carbocycles. The monoisotopic (exact) mass is 219 g/mol. The number of hydrogen-bond donors (Lipinski definition) is 2. The molecule has 15 heavy (non-hydrogen) atoms. The Hall–Kier alpha value is -1.56. The van der Waals surface area contributed by atoms with Crippen molar-refractivity contribution >= 4 is 5.78 Å². The molecule has 3 N–H and O–H groups in total. The molecule has 0 bridgehead atoms. The van der Waals surface area contributed by atoms with Gasteiger partial charge in [0.1, 0.15) is 0 Å². The normalized spacial score (nSPS) is 10.4. The summed E-state index contributed by atoms with van der Waals surface area (Å²) >= 11 is 0. The number of benzene rings is 1. The molecule has 0 fully saturated rings. The Morgan fingerprint density at radius 3 is 2.47 bits per heavy atom. The van der Waals surface area contributed by atoms with Crippen molar-refractivity contribution in [1.82, 2.24) is 0 Å². The van der Waals surface area contributed by atoms with Crippen molar-refractivity contribution in [2.45, 2.75) is 6.42 Å². The molecule has 1 aromatic rings. The lowest BCUT2D eigenvalue weighted by Gasteiger charge is -2.05. The number of aromatic hydroxyl groups is 1. The number of rotatable bonds is 3. The van der Waals surface area contributed by atoms with Crippen LogP contribution in [0.1, 0.15) is 16.8 Å². The molecule has 82 valence electrons. The molecule has 0 radical (unpaired) electrons. The van der Waals surface area contributed by atoms with E-state index in [1.165, 1.54) is 0 Å². The van der Waals surface area contributed by atoms with Crippen LogP contribution in [0, 0.1) is 17.5 Å². The Kier molecular flexibility index (Phi) is 3.31. The van der Waals surface area contributed by atoms with Crippen LogP contribution < -0.4 is 5.73 Å². The molecule has 0 unspecified atom stereocenters. The number of carbonyl (C=O) groups excluding carboxylic acids is 1. The van der Waals surface area contributed by atoms with Gasteiger partial charge in [-0.3, -0.25) is 4.79 Å². The van der Waals surface area contributed by atoms with Crippen LogP contribution in [0.25, 0.3) is 0 Å². The van der Waals surface area contributed by atoms with Crippen molar-refractivity contribution in [2.24, 2.45) is 5.73 Å².